The smallest absolute Gasteiger partial charge is 0.203 e. The van der Waals surface area contributed by atoms with Gasteiger partial charge in [-0.15, -0.1) is 0 Å². The van der Waals surface area contributed by atoms with Gasteiger partial charge in [-0.3, -0.25) is 0 Å². The quantitative estimate of drug-likeness (QED) is 0.543. The number of piperazine rings is 1. The van der Waals surface area contributed by atoms with Crippen molar-refractivity contribution >= 4 is 0 Å². The molecule has 130 valence electrons. The molecule has 0 spiro atoms. The van der Waals surface area contributed by atoms with Crippen LogP contribution in [0.3, 0.4) is 0 Å². The fraction of sp³-hybridized carbons (Fsp3) is 0.647. The first-order valence-corrected chi connectivity index (χ1v) is 8.31. The van der Waals surface area contributed by atoms with Gasteiger partial charge in [0.15, 0.2) is 11.5 Å². The van der Waals surface area contributed by atoms with Crippen molar-refractivity contribution in [2.75, 3.05) is 73.8 Å². The van der Waals surface area contributed by atoms with Crippen molar-refractivity contribution in [1.29, 1.82) is 0 Å². The molecule has 0 aromatic heterocycles. The van der Waals surface area contributed by atoms with Crippen molar-refractivity contribution in [3.05, 3.63) is 18.2 Å². The van der Waals surface area contributed by atoms with Gasteiger partial charge in [-0.05, 0) is 12.1 Å². The minimum absolute atomic E-state index is 0.485. The molecule has 0 bridgehead atoms. The van der Waals surface area contributed by atoms with Crippen LogP contribution in [0.5, 0.6) is 17.2 Å². The molecule has 6 nitrogen and oxygen atoms in total. The van der Waals surface area contributed by atoms with Crippen molar-refractivity contribution in [2.45, 2.75) is 0 Å². The van der Waals surface area contributed by atoms with E-state index >= 15 is 0 Å². The van der Waals surface area contributed by atoms with Gasteiger partial charge in [-0.25, -0.2) is 0 Å². The average molecular weight is 326 g/mol. The van der Waals surface area contributed by atoms with Gasteiger partial charge in [0.2, 0.25) is 5.75 Å². The summed E-state index contributed by atoms with van der Waals surface area (Å²) in [6, 6.07) is 5.59. The van der Waals surface area contributed by atoms with Gasteiger partial charge in [-0.1, -0.05) is 6.07 Å². The Morgan fingerprint density at radius 1 is 0.913 bits per heavy atom. The van der Waals surface area contributed by atoms with E-state index in [1.165, 1.54) is 26.2 Å². The van der Waals surface area contributed by atoms with E-state index in [0.717, 1.165) is 13.2 Å². The first-order valence-electron chi connectivity index (χ1n) is 8.31. The molecule has 2 rings (SSSR count). The lowest BCUT2D eigenvalue weighted by Crippen LogP contribution is -3.27. The van der Waals surface area contributed by atoms with Crippen LogP contribution in [0, 0.1) is 0 Å². The zero-order valence-corrected chi connectivity index (χ0v) is 14.5. The highest BCUT2D eigenvalue weighted by Gasteiger charge is 2.19. The number of para-hydroxylation sites is 1. The molecule has 1 aliphatic rings. The topological polar surface area (TPSA) is 45.8 Å². The molecule has 1 heterocycles. The summed E-state index contributed by atoms with van der Waals surface area (Å²) in [7, 11) is 5.51. The van der Waals surface area contributed by atoms with Crippen molar-refractivity contribution in [3.63, 3.8) is 0 Å². The van der Waals surface area contributed by atoms with E-state index < -0.39 is 0 Å². The first-order chi connectivity index (χ1) is 11.2. The highest BCUT2D eigenvalue weighted by Crippen LogP contribution is 2.36. The number of hydrogen-bond acceptors (Lipinski definition) is 4. The second-order valence-corrected chi connectivity index (χ2v) is 5.91. The van der Waals surface area contributed by atoms with Crippen molar-refractivity contribution in [3.8, 4) is 17.2 Å². The van der Waals surface area contributed by atoms with Crippen LogP contribution in [0.25, 0.3) is 0 Å². The largest absolute Gasteiger partial charge is 0.493 e. The van der Waals surface area contributed by atoms with Crippen LogP contribution in [0.15, 0.2) is 18.2 Å². The third-order valence-electron chi connectivity index (χ3n) is 4.27. The normalized spacial score (nSPS) is 21.0. The van der Waals surface area contributed by atoms with Crippen molar-refractivity contribution < 1.29 is 28.7 Å². The maximum absolute atomic E-state index is 5.77. The standard InChI is InChI=1S/C17H28N2O4/c1-18-7-9-19(10-8-18)11-12-22-13-14-23-17-15(20-2)5-4-6-16(17)21-3/h4-6H,7-14H2,1-3H3/p+2. The zero-order valence-electron chi connectivity index (χ0n) is 14.5. The minimum Gasteiger partial charge on any atom is -0.493 e. The summed E-state index contributed by atoms with van der Waals surface area (Å²) >= 11 is 0. The van der Waals surface area contributed by atoms with E-state index in [2.05, 4.69) is 7.05 Å². The van der Waals surface area contributed by atoms with Crippen LogP contribution in [0.2, 0.25) is 0 Å². The summed E-state index contributed by atoms with van der Waals surface area (Å²) in [4.78, 5) is 3.27. The molecule has 1 aromatic carbocycles. The molecule has 1 aliphatic heterocycles. The number of hydrogen-bond donors (Lipinski definition) is 2. The second-order valence-electron chi connectivity index (χ2n) is 5.91. The summed E-state index contributed by atoms with van der Waals surface area (Å²) in [5, 5.41) is 0. The van der Waals surface area contributed by atoms with Gasteiger partial charge in [-0.2, -0.15) is 0 Å². The van der Waals surface area contributed by atoms with E-state index in [-0.39, 0.29) is 0 Å². The molecule has 1 fully saturated rings. The molecule has 1 aromatic rings. The lowest BCUT2D eigenvalue weighted by atomic mass is 10.3. The van der Waals surface area contributed by atoms with Crippen LogP contribution >= 0.6 is 0 Å². The van der Waals surface area contributed by atoms with Gasteiger partial charge < -0.3 is 28.7 Å². The molecule has 23 heavy (non-hydrogen) atoms. The SMILES string of the molecule is COc1cccc(OC)c1OCCOCC[NH+]1CC[NH+](C)CC1. The minimum atomic E-state index is 0.485. The Bertz CT molecular complexity index is 440. The molecule has 0 amide bonds. The predicted octanol–water partition coefficient (Wildman–Crippen LogP) is -1.49. The number of likely N-dealkylation sites (N-methyl/N-ethyl adjacent to an activating group) is 1. The molecule has 0 radical (unpaired) electrons. The van der Waals surface area contributed by atoms with Gasteiger partial charge >= 0.3 is 0 Å². The summed E-state index contributed by atoms with van der Waals surface area (Å²) in [6.45, 7) is 7.90. The summed E-state index contributed by atoms with van der Waals surface area (Å²) in [6.07, 6.45) is 0. The molecule has 0 aliphatic carbocycles. The Hall–Kier alpha value is -1.50. The third kappa shape index (κ3) is 5.57. The van der Waals surface area contributed by atoms with Crippen LogP contribution in [-0.4, -0.2) is 73.8 Å². The molecule has 6 heteroatoms. The highest BCUT2D eigenvalue weighted by atomic mass is 16.6. The van der Waals surface area contributed by atoms with E-state index in [4.69, 9.17) is 18.9 Å². The Labute approximate surface area is 138 Å². The molecule has 2 N–H and O–H groups in total. The number of methoxy groups -OCH3 is 2. The Morgan fingerprint density at radius 3 is 2.17 bits per heavy atom. The van der Waals surface area contributed by atoms with Gasteiger partial charge in [0.1, 0.15) is 39.3 Å². The predicted molar refractivity (Wildman–Crippen MR) is 88.0 cm³/mol. The van der Waals surface area contributed by atoms with Crippen LogP contribution < -0.4 is 24.0 Å². The molecule has 0 saturated carbocycles. The van der Waals surface area contributed by atoms with E-state index in [9.17, 15) is 0 Å². The average Bonchev–Trinajstić information content (AvgIpc) is 2.59. The summed E-state index contributed by atoms with van der Waals surface area (Å²) < 4.78 is 22.1. The summed E-state index contributed by atoms with van der Waals surface area (Å²) in [5.41, 5.74) is 0. The fourth-order valence-electron chi connectivity index (χ4n) is 2.76. The van der Waals surface area contributed by atoms with Crippen LogP contribution in [0.1, 0.15) is 0 Å². The van der Waals surface area contributed by atoms with E-state index in [1.807, 2.05) is 18.2 Å². The second kappa shape index (κ2) is 9.60. The van der Waals surface area contributed by atoms with Gasteiger partial charge in [0.05, 0.1) is 34.5 Å². The monoisotopic (exact) mass is 326 g/mol. The van der Waals surface area contributed by atoms with E-state index in [1.54, 1.807) is 24.0 Å². The molecule has 0 atom stereocenters. The Balaban J connectivity index is 1.64. The Morgan fingerprint density at radius 2 is 1.57 bits per heavy atom. The van der Waals surface area contributed by atoms with Crippen LogP contribution in [0.4, 0.5) is 0 Å². The maximum Gasteiger partial charge on any atom is 0.203 e. The Kier molecular flexibility index (Phi) is 7.45. The molecular formula is C17H30N2O4+2. The van der Waals surface area contributed by atoms with Gasteiger partial charge in [0.25, 0.3) is 0 Å². The van der Waals surface area contributed by atoms with Crippen molar-refractivity contribution in [1.82, 2.24) is 0 Å². The third-order valence-corrected chi connectivity index (χ3v) is 4.27. The zero-order chi connectivity index (χ0) is 16.5. The number of nitrogens with one attached hydrogen (secondary N) is 2. The number of benzene rings is 1. The molecule has 1 saturated heterocycles. The van der Waals surface area contributed by atoms with Crippen molar-refractivity contribution in [2.24, 2.45) is 0 Å². The summed E-state index contributed by atoms with van der Waals surface area (Å²) in [5.74, 6) is 1.98. The number of ether oxygens (including phenoxy) is 4. The highest BCUT2D eigenvalue weighted by molar-refractivity contribution is 5.51. The number of rotatable bonds is 9. The number of quaternary nitrogens is 2. The lowest BCUT2D eigenvalue weighted by Gasteiger charge is -2.27. The molecule has 0 unspecified atom stereocenters. The maximum atomic E-state index is 5.77. The fourth-order valence-corrected chi connectivity index (χ4v) is 2.76. The lowest BCUT2D eigenvalue weighted by molar-refractivity contribution is -1.00. The first kappa shape index (κ1) is 17.8. The van der Waals surface area contributed by atoms with Gasteiger partial charge in [0, 0.05) is 0 Å². The van der Waals surface area contributed by atoms with E-state index in [0.29, 0.717) is 30.5 Å². The van der Waals surface area contributed by atoms with Crippen LogP contribution in [-0.2, 0) is 4.74 Å². The molecular weight excluding hydrogens is 296 g/mol.